The Labute approximate surface area is 99.5 Å². The van der Waals surface area contributed by atoms with Crippen LogP contribution < -0.4 is 5.32 Å². The zero-order valence-corrected chi connectivity index (χ0v) is 9.41. The lowest BCUT2D eigenvalue weighted by Gasteiger charge is -2.08. The quantitative estimate of drug-likeness (QED) is 0.848. The maximum absolute atomic E-state index is 9.70. The standard InChI is InChI=1S/C13H12ClNO/c14-12-8-4-5-10(13(12)16)9-15-11-6-2-1-3-7-11/h1-8,15-16H,9H2. The van der Waals surface area contributed by atoms with E-state index in [9.17, 15) is 5.11 Å². The van der Waals surface area contributed by atoms with Gasteiger partial charge in [0, 0.05) is 17.8 Å². The van der Waals surface area contributed by atoms with Crippen LogP contribution >= 0.6 is 11.6 Å². The summed E-state index contributed by atoms with van der Waals surface area (Å²) < 4.78 is 0. The second kappa shape index (κ2) is 4.90. The number of halogens is 1. The van der Waals surface area contributed by atoms with E-state index in [1.807, 2.05) is 42.5 Å². The minimum absolute atomic E-state index is 0.146. The maximum Gasteiger partial charge on any atom is 0.139 e. The number of phenols is 1. The maximum atomic E-state index is 9.70. The first-order valence-corrected chi connectivity index (χ1v) is 5.40. The fourth-order valence-electron chi connectivity index (χ4n) is 1.46. The van der Waals surface area contributed by atoms with Gasteiger partial charge in [-0.15, -0.1) is 0 Å². The summed E-state index contributed by atoms with van der Waals surface area (Å²) in [6, 6.07) is 15.2. The first kappa shape index (κ1) is 10.8. The van der Waals surface area contributed by atoms with E-state index in [-0.39, 0.29) is 5.75 Å². The largest absolute Gasteiger partial charge is 0.506 e. The Hall–Kier alpha value is -1.67. The highest BCUT2D eigenvalue weighted by Crippen LogP contribution is 2.27. The van der Waals surface area contributed by atoms with Gasteiger partial charge >= 0.3 is 0 Å². The molecule has 0 atom stereocenters. The van der Waals surface area contributed by atoms with E-state index in [0.717, 1.165) is 11.3 Å². The number of hydrogen-bond donors (Lipinski definition) is 2. The van der Waals surface area contributed by atoms with Gasteiger partial charge < -0.3 is 10.4 Å². The van der Waals surface area contributed by atoms with Gasteiger partial charge in [0.2, 0.25) is 0 Å². The van der Waals surface area contributed by atoms with Crippen LogP contribution in [-0.2, 0) is 6.54 Å². The van der Waals surface area contributed by atoms with Gasteiger partial charge in [-0.1, -0.05) is 41.9 Å². The third-order valence-electron chi connectivity index (χ3n) is 2.33. The lowest BCUT2D eigenvalue weighted by atomic mass is 10.2. The van der Waals surface area contributed by atoms with E-state index in [1.165, 1.54) is 0 Å². The number of phenolic OH excluding ortho intramolecular Hbond substituents is 1. The Bertz CT molecular complexity index is 471. The summed E-state index contributed by atoms with van der Waals surface area (Å²) in [5.74, 6) is 0.146. The topological polar surface area (TPSA) is 32.3 Å². The van der Waals surface area contributed by atoms with Crippen LogP contribution in [0.15, 0.2) is 48.5 Å². The fraction of sp³-hybridized carbons (Fsp3) is 0.0769. The van der Waals surface area contributed by atoms with Crippen molar-refractivity contribution < 1.29 is 5.11 Å². The molecule has 0 aromatic heterocycles. The molecule has 2 rings (SSSR count). The van der Waals surface area contributed by atoms with E-state index in [2.05, 4.69) is 5.32 Å². The van der Waals surface area contributed by atoms with Crippen LogP contribution in [0.1, 0.15) is 5.56 Å². The molecule has 0 aliphatic rings. The minimum Gasteiger partial charge on any atom is -0.506 e. The van der Waals surface area contributed by atoms with Crippen molar-refractivity contribution >= 4 is 17.3 Å². The summed E-state index contributed by atoms with van der Waals surface area (Å²) in [6.45, 7) is 0.552. The van der Waals surface area contributed by atoms with Crippen molar-refractivity contribution in [3.8, 4) is 5.75 Å². The molecule has 0 saturated carbocycles. The van der Waals surface area contributed by atoms with Crippen LogP contribution in [0.4, 0.5) is 5.69 Å². The number of rotatable bonds is 3. The number of nitrogens with one attached hydrogen (secondary N) is 1. The highest BCUT2D eigenvalue weighted by atomic mass is 35.5. The molecule has 0 aliphatic heterocycles. The summed E-state index contributed by atoms with van der Waals surface area (Å²) in [7, 11) is 0. The second-order valence-corrected chi connectivity index (χ2v) is 3.87. The third kappa shape index (κ3) is 2.47. The number of benzene rings is 2. The molecule has 2 N–H and O–H groups in total. The lowest BCUT2D eigenvalue weighted by molar-refractivity contribution is 0.469. The molecule has 0 aliphatic carbocycles. The van der Waals surface area contributed by atoms with Crippen LogP contribution in [0.5, 0.6) is 5.75 Å². The molecule has 2 aromatic carbocycles. The molecular formula is C13H12ClNO. The van der Waals surface area contributed by atoms with Crippen molar-refractivity contribution in [3.63, 3.8) is 0 Å². The van der Waals surface area contributed by atoms with E-state index in [4.69, 9.17) is 11.6 Å². The Kier molecular flexibility index (Phi) is 3.32. The van der Waals surface area contributed by atoms with Gasteiger partial charge in [0.1, 0.15) is 5.75 Å². The van der Waals surface area contributed by atoms with Crippen LogP contribution in [0.25, 0.3) is 0 Å². The number of para-hydroxylation sites is 2. The van der Waals surface area contributed by atoms with Crippen molar-refractivity contribution in [1.29, 1.82) is 0 Å². The van der Waals surface area contributed by atoms with Gasteiger partial charge in [0.25, 0.3) is 0 Å². The minimum atomic E-state index is 0.146. The van der Waals surface area contributed by atoms with E-state index in [0.29, 0.717) is 11.6 Å². The van der Waals surface area contributed by atoms with Crippen molar-refractivity contribution in [2.45, 2.75) is 6.54 Å². The molecule has 82 valence electrons. The Morgan fingerprint density at radius 3 is 2.50 bits per heavy atom. The van der Waals surface area contributed by atoms with Gasteiger partial charge in [-0.2, -0.15) is 0 Å². The predicted octanol–water partition coefficient (Wildman–Crippen LogP) is 3.66. The van der Waals surface area contributed by atoms with Crippen LogP contribution in [0.2, 0.25) is 5.02 Å². The summed E-state index contributed by atoms with van der Waals surface area (Å²) in [5.41, 5.74) is 1.80. The molecule has 16 heavy (non-hydrogen) atoms. The molecule has 0 radical (unpaired) electrons. The van der Waals surface area contributed by atoms with Crippen LogP contribution in [-0.4, -0.2) is 5.11 Å². The Morgan fingerprint density at radius 2 is 1.75 bits per heavy atom. The summed E-state index contributed by atoms with van der Waals surface area (Å²) >= 11 is 5.82. The highest BCUT2D eigenvalue weighted by Gasteiger charge is 2.04. The molecule has 0 fully saturated rings. The van der Waals surface area contributed by atoms with Gasteiger partial charge in [-0.05, 0) is 18.2 Å². The summed E-state index contributed by atoms with van der Waals surface area (Å²) in [5, 5.41) is 13.3. The van der Waals surface area contributed by atoms with Crippen molar-refractivity contribution in [2.75, 3.05) is 5.32 Å². The van der Waals surface area contributed by atoms with E-state index in [1.54, 1.807) is 6.07 Å². The summed E-state index contributed by atoms with van der Waals surface area (Å²) in [4.78, 5) is 0. The SMILES string of the molecule is Oc1c(Cl)cccc1CNc1ccccc1. The van der Waals surface area contributed by atoms with E-state index >= 15 is 0 Å². The Morgan fingerprint density at radius 1 is 1.00 bits per heavy atom. The van der Waals surface area contributed by atoms with Gasteiger partial charge in [0.05, 0.1) is 5.02 Å². The highest BCUT2D eigenvalue weighted by molar-refractivity contribution is 6.32. The molecule has 2 aromatic rings. The molecule has 0 bridgehead atoms. The molecule has 3 heteroatoms. The first-order chi connectivity index (χ1) is 7.77. The molecule has 0 heterocycles. The van der Waals surface area contributed by atoms with Crippen LogP contribution in [0, 0.1) is 0 Å². The van der Waals surface area contributed by atoms with Gasteiger partial charge in [-0.3, -0.25) is 0 Å². The second-order valence-electron chi connectivity index (χ2n) is 3.47. The molecule has 0 amide bonds. The number of anilines is 1. The average molecular weight is 234 g/mol. The number of aromatic hydroxyl groups is 1. The molecule has 0 saturated heterocycles. The van der Waals surface area contributed by atoms with Crippen molar-refractivity contribution in [3.05, 3.63) is 59.1 Å². The Balaban J connectivity index is 2.08. The predicted molar refractivity (Wildman–Crippen MR) is 66.9 cm³/mol. The van der Waals surface area contributed by atoms with Gasteiger partial charge in [0.15, 0.2) is 0 Å². The zero-order chi connectivity index (χ0) is 11.4. The molecule has 0 unspecified atom stereocenters. The van der Waals surface area contributed by atoms with Crippen molar-refractivity contribution in [2.24, 2.45) is 0 Å². The zero-order valence-electron chi connectivity index (χ0n) is 8.65. The first-order valence-electron chi connectivity index (χ1n) is 5.02. The number of hydrogen-bond acceptors (Lipinski definition) is 2. The molecule has 0 spiro atoms. The monoisotopic (exact) mass is 233 g/mol. The molecular weight excluding hydrogens is 222 g/mol. The average Bonchev–Trinajstić information content (AvgIpc) is 2.32. The molecule has 2 nitrogen and oxygen atoms in total. The van der Waals surface area contributed by atoms with Crippen molar-refractivity contribution in [1.82, 2.24) is 0 Å². The fourth-order valence-corrected chi connectivity index (χ4v) is 1.65. The normalized spacial score (nSPS) is 10.1. The van der Waals surface area contributed by atoms with Crippen LogP contribution in [0.3, 0.4) is 0 Å². The van der Waals surface area contributed by atoms with E-state index < -0.39 is 0 Å². The summed E-state index contributed by atoms with van der Waals surface area (Å²) in [6.07, 6.45) is 0. The van der Waals surface area contributed by atoms with Gasteiger partial charge in [-0.25, -0.2) is 0 Å². The third-order valence-corrected chi connectivity index (χ3v) is 2.63. The lowest BCUT2D eigenvalue weighted by Crippen LogP contribution is -1.99. The smallest absolute Gasteiger partial charge is 0.139 e.